The molecule has 2 saturated heterocycles. The third-order valence-electron chi connectivity index (χ3n) is 6.89. The van der Waals surface area contributed by atoms with Crippen molar-refractivity contribution in [3.8, 4) is 0 Å². The van der Waals surface area contributed by atoms with E-state index in [9.17, 15) is 14.7 Å². The van der Waals surface area contributed by atoms with E-state index in [0.29, 0.717) is 17.0 Å². The number of anilines is 2. The SMILES string of the molecule is CCc1ccc(/C(O)=C2/C(=O)C(=O)N(c3ccc(N4CCN(C)CC4)cc3)C2c2ccco2)cc1. The van der Waals surface area contributed by atoms with E-state index >= 15 is 0 Å². The van der Waals surface area contributed by atoms with Crippen molar-refractivity contribution in [3.05, 3.63) is 89.4 Å². The van der Waals surface area contributed by atoms with Gasteiger partial charge in [-0.15, -0.1) is 0 Å². The standard InChI is InChI=1S/C28H29N3O4/c1-3-19-6-8-20(9-7-19)26(32)24-25(23-5-4-18-35-23)31(28(34)27(24)33)22-12-10-21(11-13-22)30-16-14-29(2)15-17-30/h4-13,18,25,32H,3,14-17H2,1-2H3/b26-24-. The Balaban J connectivity index is 1.53. The predicted octanol–water partition coefficient (Wildman–Crippen LogP) is 4.22. The van der Waals surface area contributed by atoms with Gasteiger partial charge in [0.2, 0.25) is 0 Å². The molecular weight excluding hydrogens is 442 g/mol. The van der Waals surface area contributed by atoms with Crippen LogP contribution in [0.5, 0.6) is 0 Å². The van der Waals surface area contributed by atoms with Crippen LogP contribution in [0.1, 0.15) is 29.9 Å². The molecule has 0 bridgehead atoms. The van der Waals surface area contributed by atoms with Crippen molar-refractivity contribution in [1.82, 2.24) is 4.90 Å². The summed E-state index contributed by atoms with van der Waals surface area (Å²) in [5.41, 5.74) is 3.28. The molecule has 3 heterocycles. The highest BCUT2D eigenvalue weighted by atomic mass is 16.3. The van der Waals surface area contributed by atoms with Crippen molar-refractivity contribution in [2.45, 2.75) is 19.4 Å². The van der Waals surface area contributed by atoms with Crippen LogP contribution in [0.15, 0.2) is 76.9 Å². The summed E-state index contributed by atoms with van der Waals surface area (Å²) in [7, 11) is 2.11. The van der Waals surface area contributed by atoms with Gasteiger partial charge in [0.15, 0.2) is 0 Å². The second-order valence-corrected chi connectivity index (χ2v) is 9.04. The first-order chi connectivity index (χ1) is 17.0. The molecule has 1 unspecified atom stereocenters. The van der Waals surface area contributed by atoms with Gasteiger partial charge in [0, 0.05) is 43.1 Å². The number of furan rings is 1. The molecule has 7 nitrogen and oxygen atoms in total. The first-order valence-electron chi connectivity index (χ1n) is 11.9. The van der Waals surface area contributed by atoms with Gasteiger partial charge in [-0.1, -0.05) is 31.2 Å². The molecule has 5 rings (SSSR count). The normalized spacial score (nSPS) is 20.6. The van der Waals surface area contributed by atoms with Crippen LogP contribution in [0.25, 0.3) is 5.76 Å². The number of carbonyl (C=O) groups excluding carboxylic acids is 2. The zero-order chi connectivity index (χ0) is 24.5. The number of amides is 1. The van der Waals surface area contributed by atoms with Crippen LogP contribution in [0, 0.1) is 0 Å². The largest absolute Gasteiger partial charge is 0.507 e. The van der Waals surface area contributed by atoms with Crippen molar-refractivity contribution in [1.29, 1.82) is 0 Å². The number of aliphatic hydroxyl groups is 1. The quantitative estimate of drug-likeness (QED) is 0.341. The summed E-state index contributed by atoms with van der Waals surface area (Å²) < 4.78 is 5.64. The number of hydrogen-bond acceptors (Lipinski definition) is 6. The zero-order valence-corrected chi connectivity index (χ0v) is 20.0. The number of hydrogen-bond donors (Lipinski definition) is 1. The fourth-order valence-electron chi connectivity index (χ4n) is 4.76. The molecular formula is C28H29N3O4. The number of Topliss-reactive ketones (excluding diaryl/α,β-unsaturated/α-hetero) is 1. The van der Waals surface area contributed by atoms with Gasteiger partial charge in [0.1, 0.15) is 17.6 Å². The second-order valence-electron chi connectivity index (χ2n) is 9.04. The molecule has 0 aliphatic carbocycles. The number of aryl methyl sites for hydroxylation is 1. The molecule has 1 aromatic heterocycles. The molecule has 2 aromatic carbocycles. The van der Waals surface area contributed by atoms with Crippen LogP contribution < -0.4 is 9.80 Å². The monoisotopic (exact) mass is 471 g/mol. The molecule has 1 N–H and O–H groups in total. The van der Waals surface area contributed by atoms with Gasteiger partial charge in [0.25, 0.3) is 11.7 Å². The first kappa shape index (κ1) is 22.9. The summed E-state index contributed by atoms with van der Waals surface area (Å²) in [6.45, 7) is 5.90. The van der Waals surface area contributed by atoms with Crippen LogP contribution in [0.3, 0.4) is 0 Å². The van der Waals surface area contributed by atoms with Crippen LogP contribution >= 0.6 is 0 Å². The number of piperazine rings is 1. The Morgan fingerprint density at radius 2 is 1.60 bits per heavy atom. The van der Waals surface area contributed by atoms with E-state index in [-0.39, 0.29) is 11.3 Å². The van der Waals surface area contributed by atoms with E-state index in [1.807, 2.05) is 43.3 Å². The molecule has 7 heteroatoms. The van der Waals surface area contributed by atoms with Gasteiger partial charge in [-0.3, -0.25) is 14.5 Å². The Labute approximate surface area is 204 Å². The van der Waals surface area contributed by atoms with E-state index in [1.54, 1.807) is 24.3 Å². The third kappa shape index (κ3) is 4.23. The van der Waals surface area contributed by atoms with E-state index in [0.717, 1.165) is 43.9 Å². The minimum absolute atomic E-state index is 0.0253. The smallest absolute Gasteiger partial charge is 0.300 e. The molecule has 0 saturated carbocycles. The summed E-state index contributed by atoms with van der Waals surface area (Å²) in [5, 5.41) is 11.2. The van der Waals surface area contributed by atoms with Gasteiger partial charge in [-0.25, -0.2) is 0 Å². The van der Waals surface area contributed by atoms with Crippen molar-refractivity contribution < 1.29 is 19.1 Å². The summed E-state index contributed by atoms with van der Waals surface area (Å²) in [6, 6.07) is 17.6. The lowest BCUT2D eigenvalue weighted by molar-refractivity contribution is -0.132. The number of rotatable bonds is 5. The average molecular weight is 472 g/mol. The first-order valence-corrected chi connectivity index (χ1v) is 11.9. The lowest BCUT2D eigenvalue weighted by Gasteiger charge is -2.34. The Morgan fingerprint density at radius 1 is 0.943 bits per heavy atom. The number of nitrogens with zero attached hydrogens (tertiary/aromatic N) is 3. The molecule has 2 aliphatic rings. The number of ketones is 1. The highest BCUT2D eigenvalue weighted by Crippen LogP contribution is 2.42. The molecule has 180 valence electrons. The van der Waals surface area contributed by atoms with Gasteiger partial charge in [0.05, 0.1) is 11.8 Å². The Morgan fingerprint density at radius 3 is 2.20 bits per heavy atom. The van der Waals surface area contributed by atoms with Gasteiger partial charge in [-0.05, 0) is 55.4 Å². The van der Waals surface area contributed by atoms with E-state index in [4.69, 9.17) is 4.42 Å². The topological polar surface area (TPSA) is 77.2 Å². The van der Waals surface area contributed by atoms with E-state index in [1.165, 1.54) is 11.2 Å². The van der Waals surface area contributed by atoms with Crippen LogP contribution in [0.2, 0.25) is 0 Å². The molecule has 3 aromatic rings. The summed E-state index contributed by atoms with van der Waals surface area (Å²) in [5.74, 6) is -1.21. The van der Waals surface area contributed by atoms with Gasteiger partial charge < -0.3 is 19.3 Å². The Hall–Kier alpha value is -3.84. The lowest BCUT2D eigenvalue weighted by Crippen LogP contribution is -2.44. The maximum atomic E-state index is 13.3. The molecule has 1 atom stereocenters. The number of aliphatic hydroxyl groups excluding tert-OH is 1. The molecule has 0 radical (unpaired) electrons. The van der Waals surface area contributed by atoms with Crippen LogP contribution in [-0.2, 0) is 16.0 Å². The minimum Gasteiger partial charge on any atom is -0.507 e. The molecule has 1 amide bonds. The van der Waals surface area contributed by atoms with Gasteiger partial charge >= 0.3 is 0 Å². The summed E-state index contributed by atoms with van der Waals surface area (Å²) in [4.78, 5) is 32.5. The predicted molar refractivity (Wildman–Crippen MR) is 135 cm³/mol. The van der Waals surface area contributed by atoms with E-state index < -0.39 is 17.7 Å². The second kappa shape index (κ2) is 9.43. The molecule has 2 aliphatic heterocycles. The highest BCUT2D eigenvalue weighted by molar-refractivity contribution is 6.51. The summed E-state index contributed by atoms with van der Waals surface area (Å²) in [6.07, 6.45) is 2.37. The summed E-state index contributed by atoms with van der Waals surface area (Å²) >= 11 is 0. The molecule has 2 fully saturated rings. The van der Waals surface area contributed by atoms with Crippen molar-refractivity contribution >= 4 is 28.8 Å². The van der Waals surface area contributed by atoms with Crippen LogP contribution in [-0.4, -0.2) is 54.9 Å². The van der Waals surface area contributed by atoms with Crippen molar-refractivity contribution in [3.63, 3.8) is 0 Å². The van der Waals surface area contributed by atoms with Crippen molar-refractivity contribution in [2.75, 3.05) is 43.0 Å². The average Bonchev–Trinajstić information content (AvgIpc) is 3.51. The number of likely N-dealkylation sites (N-methyl/N-ethyl adjacent to an activating group) is 1. The maximum absolute atomic E-state index is 13.3. The third-order valence-corrected chi connectivity index (χ3v) is 6.89. The minimum atomic E-state index is -0.856. The number of benzene rings is 2. The van der Waals surface area contributed by atoms with E-state index in [2.05, 4.69) is 16.8 Å². The van der Waals surface area contributed by atoms with Crippen LogP contribution in [0.4, 0.5) is 11.4 Å². The van der Waals surface area contributed by atoms with Gasteiger partial charge in [-0.2, -0.15) is 0 Å². The fourth-order valence-corrected chi connectivity index (χ4v) is 4.76. The lowest BCUT2D eigenvalue weighted by atomic mass is 9.98. The number of carbonyl (C=O) groups is 2. The molecule has 35 heavy (non-hydrogen) atoms. The van der Waals surface area contributed by atoms with Crippen molar-refractivity contribution in [2.24, 2.45) is 0 Å². The molecule has 0 spiro atoms. The maximum Gasteiger partial charge on any atom is 0.300 e. The Bertz CT molecular complexity index is 1240. The highest BCUT2D eigenvalue weighted by Gasteiger charge is 2.48. The zero-order valence-electron chi connectivity index (χ0n) is 20.0. The fraction of sp³-hybridized carbons (Fsp3) is 0.286. The Kier molecular flexibility index (Phi) is 6.17.